The van der Waals surface area contributed by atoms with Gasteiger partial charge in [-0.25, -0.2) is 4.39 Å². The summed E-state index contributed by atoms with van der Waals surface area (Å²) in [4.78, 5) is 0. The van der Waals surface area contributed by atoms with Gasteiger partial charge in [0, 0.05) is 12.5 Å². The fourth-order valence-electron chi connectivity index (χ4n) is 3.51. The first-order valence-corrected chi connectivity index (χ1v) is 7.69. The summed E-state index contributed by atoms with van der Waals surface area (Å²) in [6.07, 6.45) is 1.06. The second-order valence-corrected chi connectivity index (χ2v) is 6.02. The Morgan fingerprint density at radius 1 is 0.952 bits per heavy atom. The number of benzene rings is 2. The van der Waals surface area contributed by atoms with Gasteiger partial charge in [0.25, 0.3) is 0 Å². The summed E-state index contributed by atoms with van der Waals surface area (Å²) in [5, 5.41) is 3.43. The summed E-state index contributed by atoms with van der Waals surface area (Å²) < 4.78 is 14.2. The van der Waals surface area contributed by atoms with Crippen molar-refractivity contribution in [3.05, 3.63) is 70.5 Å². The highest BCUT2D eigenvalue weighted by molar-refractivity contribution is 5.39. The van der Waals surface area contributed by atoms with Crippen LogP contribution in [0.5, 0.6) is 0 Å². The van der Waals surface area contributed by atoms with E-state index < -0.39 is 0 Å². The molecule has 0 spiro atoms. The molecule has 0 radical (unpaired) electrons. The Morgan fingerprint density at radius 3 is 2.52 bits per heavy atom. The zero-order chi connectivity index (χ0) is 14.8. The number of rotatable bonds is 2. The molecule has 0 bridgehead atoms. The van der Waals surface area contributed by atoms with Gasteiger partial charge in [-0.3, -0.25) is 0 Å². The van der Waals surface area contributed by atoms with Crippen LogP contribution in [0.1, 0.15) is 40.5 Å². The fraction of sp³-hybridized carbons (Fsp3) is 0.368. The van der Waals surface area contributed by atoms with Gasteiger partial charge in [-0.2, -0.15) is 0 Å². The Balaban J connectivity index is 2.03. The molecule has 1 heterocycles. The quantitative estimate of drug-likeness (QED) is 0.866. The Kier molecular flexibility index (Phi) is 4.07. The van der Waals surface area contributed by atoms with Crippen LogP contribution in [0, 0.1) is 19.7 Å². The van der Waals surface area contributed by atoms with Crippen molar-refractivity contribution in [1.29, 1.82) is 0 Å². The highest BCUT2D eigenvalue weighted by atomic mass is 19.1. The molecule has 2 unspecified atom stereocenters. The summed E-state index contributed by atoms with van der Waals surface area (Å²) in [7, 11) is 0. The largest absolute Gasteiger partial charge is 0.316 e. The molecule has 0 aromatic heterocycles. The first-order valence-electron chi connectivity index (χ1n) is 7.69. The van der Waals surface area contributed by atoms with E-state index in [9.17, 15) is 4.39 Å². The van der Waals surface area contributed by atoms with Crippen LogP contribution in [0.4, 0.5) is 4.39 Å². The molecule has 0 saturated carbocycles. The van der Waals surface area contributed by atoms with Crippen LogP contribution >= 0.6 is 0 Å². The maximum absolute atomic E-state index is 14.2. The van der Waals surface area contributed by atoms with Gasteiger partial charge in [0.05, 0.1) is 0 Å². The Hall–Kier alpha value is -1.67. The molecular formula is C19H22FN. The third-order valence-corrected chi connectivity index (χ3v) is 4.83. The molecule has 0 amide bonds. The molecule has 2 aromatic carbocycles. The normalized spacial score (nSPS) is 22.2. The minimum absolute atomic E-state index is 0.0819. The molecule has 21 heavy (non-hydrogen) atoms. The van der Waals surface area contributed by atoms with E-state index in [2.05, 4.69) is 37.4 Å². The first-order chi connectivity index (χ1) is 10.2. The van der Waals surface area contributed by atoms with Crippen LogP contribution in [0.2, 0.25) is 0 Å². The van der Waals surface area contributed by atoms with Gasteiger partial charge in [-0.1, -0.05) is 36.4 Å². The van der Waals surface area contributed by atoms with Crippen molar-refractivity contribution < 1.29 is 4.39 Å². The molecule has 2 aromatic rings. The monoisotopic (exact) mass is 283 g/mol. The molecule has 2 heteroatoms. The lowest BCUT2D eigenvalue weighted by Crippen LogP contribution is -2.34. The number of hydrogen-bond donors (Lipinski definition) is 1. The molecule has 1 fully saturated rings. The van der Waals surface area contributed by atoms with Gasteiger partial charge in [-0.15, -0.1) is 0 Å². The molecule has 1 saturated heterocycles. The van der Waals surface area contributed by atoms with Gasteiger partial charge in [0.2, 0.25) is 0 Å². The topological polar surface area (TPSA) is 12.0 Å². The van der Waals surface area contributed by atoms with Gasteiger partial charge in [0.1, 0.15) is 5.82 Å². The van der Waals surface area contributed by atoms with Crippen molar-refractivity contribution >= 4 is 0 Å². The SMILES string of the molecule is Cc1cccc(C2CCNCC2c2ccccc2F)c1C. The van der Waals surface area contributed by atoms with Crippen LogP contribution in [-0.4, -0.2) is 13.1 Å². The van der Waals surface area contributed by atoms with E-state index in [1.165, 1.54) is 16.7 Å². The average Bonchev–Trinajstić information content (AvgIpc) is 2.51. The zero-order valence-corrected chi connectivity index (χ0v) is 12.7. The smallest absolute Gasteiger partial charge is 0.126 e. The maximum atomic E-state index is 14.2. The van der Waals surface area contributed by atoms with Crippen molar-refractivity contribution in [2.24, 2.45) is 0 Å². The van der Waals surface area contributed by atoms with E-state index in [-0.39, 0.29) is 11.7 Å². The molecule has 1 aliphatic rings. The van der Waals surface area contributed by atoms with Gasteiger partial charge < -0.3 is 5.32 Å². The zero-order valence-electron chi connectivity index (χ0n) is 12.7. The van der Waals surface area contributed by atoms with Crippen molar-refractivity contribution in [2.75, 3.05) is 13.1 Å². The van der Waals surface area contributed by atoms with Crippen molar-refractivity contribution in [2.45, 2.75) is 32.1 Å². The Labute approximate surface area is 126 Å². The predicted molar refractivity (Wildman–Crippen MR) is 85.3 cm³/mol. The number of aryl methyl sites for hydroxylation is 1. The number of hydrogen-bond acceptors (Lipinski definition) is 1. The van der Waals surface area contributed by atoms with Crippen molar-refractivity contribution in [3.8, 4) is 0 Å². The molecule has 3 rings (SSSR count). The molecule has 1 N–H and O–H groups in total. The highest BCUT2D eigenvalue weighted by Crippen LogP contribution is 2.39. The van der Waals surface area contributed by atoms with Gasteiger partial charge in [-0.05, 0) is 61.1 Å². The third-order valence-electron chi connectivity index (χ3n) is 4.83. The van der Waals surface area contributed by atoms with Gasteiger partial charge >= 0.3 is 0 Å². The lowest BCUT2D eigenvalue weighted by Gasteiger charge is -2.34. The third kappa shape index (κ3) is 2.73. The second-order valence-electron chi connectivity index (χ2n) is 6.02. The van der Waals surface area contributed by atoms with Crippen LogP contribution in [0.25, 0.3) is 0 Å². The van der Waals surface area contributed by atoms with Crippen LogP contribution in [0.3, 0.4) is 0 Å². The van der Waals surface area contributed by atoms with Crippen LogP contribution in [0.15, 0.2) is 42.5 Å². The van der Waals surface area contributed by atoms with E-state index in [0.717, 1.165) is 25.1 Å². The standard InChI is InChI=1S/C19H22FN/c1-13-6-5-8-15(14(13)2)16-10-11-21-12-18(16)17-7-3-4-9-19(17)20/h3-9,16,18,21H,10-12H2,1-2H3. The second kappa shape index (κ2) is 5.98. The maximum Gasteiger partial charge on any atom is 0.126 e. The summed E-state index contributed by atoms with van der Waals surface area (Å²) in [5.74, 6) is 0.519. The van der Waals surface area contributed by atoms with E-state index in [4.69, 9.17) is 0 Å². The number of nitrogens with one attached hydrogen (secondary N) is 1. The highest BCUT2D eigenvalue weighted by Gasteiger charge is 2.30. The van der Waals surface area contributed by atoms with E-state index in [0.29, 0.717) is 5.92 Å². The molecular weight excluding hydrogens is 261 g/mol. The fourth-order valence-corrected chi connectivity index (χ4v) is 3.51. The van der Waals surface area contributed by atoms with Crippen LogP contribution in [-0.2, 0) is 0 Å². The number of halogens is 1. The van der Waals surface area contributed by atoms with Gasteiger partial charge in [0.15, 0.2) is 0 Å². The average molecular weight is 283 g/mol. The van der Waals surface area contributed by atoms with Crippen LogP contribution < -0.4 is 5.32 Å². The molecule has 0 aliphatic carbocycles. The summed E-state index contributed by atoms with van der Waals surface area (Å²) in [5.41, 5.74) is 4.89. The Bertz CT molecular complexity index is 635. The lowest BCUT2D eigenvalue weighted by atomic mass is 9.75. The summed E-state index contributed by atoms with van der Waals surface area (Å²) >= 11 is 0. The molecule has 2 atom stereocenters. The lowest BCUT2D eigenvalue weighted by molar-refractivity contribution is 0.392. The minimum Gasteiger partial charge on any atom is -0.316 e. The minimum atomic E-state index is -0.0819. The van der Waals surface area contributed by atoms with Crippen molar-refractivity contribution in [1.82, 2.24) is 5.32 Å². The van der Waals surface area contributed by atoms with E-state index >= 15 is 0 Å². The molecule has 110 valence electrons. The summed E-state index contributed by atoms with van der Waals surface area (Å²) in [6, 6.07) is 13.7. The first kappa shape index (κ1) is 14.3. The summed E-state index contributed by atoms with van der Waals surface area (Å²) in [6.45, 7) is 6.19. The Morgan fingerprint density at radius 2 is 1.71 bits per heavy atom. The molecule has 1 aliphatic heterocycles. The van der Waals surface area contributed by atoms with E-state index in [1.54, 1.807) is 12.1 Å². The molecule has 1 nitrogen and oxygen atoms in total. The predicted octanol–water partition coefficient (Wildman–Crippen LogP) is 4.30. The van der Waals surface area contributed by atoms with Crippen molar-refractivity contribution in [3.63, 3.8) is 0 Å². The van der Waals surface area contributed by atoms with E-state index in [1.807, 2.05) is 12.1 Å². The number of piperidine rings is 1.